The maximum Gasteiger partial charge on any atom is 0.0594 e. The van der Waals surface area contributed by atoms with E-state index in [1.165, 1.54) is 6.54 Å². The van der Waals surface area contributed by atoms with Gasteiger partial charge >= 0.3 is 0 Å². The van der Waals surface area contributed by atoms with Crippen molar-refractivity contribution in [2.75, 3.05) is 32.8 Å². The predicted octanol–water partition coefficient (Wildman–Crippen LogP) is 2.64. The second-order valence-electron chi connectivity index (χ2n) is 6.13. The molecule has 1 saturated heterocycles. The monoisotopic (exact) mass is 213 g/mol. The van der Waals surface area contributed by atoms with Gasteiger partial charge in [0.05, 0.1) is 13.2 Å². The Morgan fingerprint density at radius 3 is 2.07 bits per heavy atom. The molecule has 0 N–H and O–H groups in total. The van der Waals surface area contributed by atoms with Crippen LogP contribution in [0.15, 0.2) is 0 Å². The van der Waals surface area contributed by atoms with Crippen molar-refractivity contribution < 1.29 is 4.74 Å². The maximum absolute atomic E-state index is 5.39. The van der Waals surface area contributed by atoms with Crippen LogP contribution in [0.1, 0.15) is 34.6 Å². The van der Waals surface area contributed by atoms with Crippen molar-refractivity contribution in [2.24, 2.45) is 17.3 Å². The predicted molar refractivity (Wildman–Crippen MR) is 65.0 cm³/mol. The topological polar surface area (TPSA) is 12.5 Å². The highest BCUT2D eigenvalue weighted by Crippen LogP contribution is 2.32. The Labute approximate surface area is 95.0 Å². The van der Waals surface area contributed by atoms with E-state index < -0.39 is 0 Å². The van der Waals surface area contributed by atoms with Gasteiger partial charge in [0.25, 0.3) is 0 Å². The third-order valence-corrected chi connectivity index (χ3v) is 3.48. The summed E-state index contributed by atoms with van der Waals surface area (Å²) in [6, 6.07) is 0. The number of morpholine rings is 1. The Bertz CT molecular complexity index is 177. The summed E-state index contributed by atoms with van der Waals surface area (Å²) in [5.74, 6) is 1.53. The van der Waals surface area contributed by atoms with E-state index in [2.05, 4.69) is 39.5 Å². The highest BCUT2D eigenvalue weighted by Gasteiger charge is 2.29. The molecule has 0 aliphatic carbocycles. The van der Waals surface area contributed by atoms with Gasteiger partial charge in [0, 0.05) is 19.6 Å². The van der Waals surface area contributed by atoms with Crippen LogP contribution in [0.4, 0.5) is 0 Å². The van der Waals surface area contributed by atoms with Gasteiger partial charge in [0.1, 0.15) is 0 Å². The molecule has 90 valence electrons. The molecule has 15 heavy (non-hydrogen) atoms. The molecule has 1 rings (SSSR count). The zero-order chi connectivity index (χ0) is 11.5. The molecule has 0 unspecified atom stereocenters. The first-order valence-corrected chi connectivity index (χ1v) is 6.21. The van der Waals surface area contributed by atoms with E-state index in [0.29, 0.717) is 5.41 Å². The van der Waals surface area contributed by atoms with Gasteiger partial charge in [-0.3, -0.25) is 4.90 Å². The van der Waals surface area contributed by atoms with Crippen LogP contribution in [0.5, 0.6) is 0 Å². The van der Waals surface area contributed by atoms with Gasteiger partial charge in [-0.2, -0.15) is 0 Å². The molecular weight excluding hydrogens is 186 g/mol. The molecule has 0 bridgehead atoms. The van der Waals surface area contributed by atoms with Crippen LogP contribution < -0.4 is 0 Å². The van der Waals surface area contributed by atoms with E-state index in [1.807, 2.05) is 0 Å². The quantitative estimate of drug-likeness (QED) is 0.714. The van der Waals surface area contributed by atoms with E-state index in [-0.39, 0.29) is 0 Å². The Kier molecular flexibility index (Phi) is 4.60. The standard InChI is InChI=1S/C13H27NO/c1-11(2)12(13(3,4)5)10-14-6-8-15-9-7-14/h11-12H,6-10H2,1-5H3/t12-/m1/s1. The molecule has 0 aromatic carbocycles. The zero-order valence-corrected chi connectivity index (χ0v) is 11.0. The summed E-state index contributed by atoms with van der Waals surface area (Å²) in [5, 5.41) is 0. The summed E-state index contributed by atoms with van der Waals surface area (Å²) < 4.78 is 5.39. The van der Waals surface area contributed by atoms with E-state index in [0.717, 1.165) is 38.1 Å². The number of hydrogen-bond acceptors (Lipinski definition) is 2. The Morgan fingerprint density at radius 1 is 1.13 bits per heavy atom. The minimum absolute atomic E-state index is 0.409. The van der Waals surface area contributed by atoms with Crippen LogP contribution in [-0.2, 0) is 4.74 Å². The van der Waals surface area contributed by atoms with Crippen LogP contribution >= 0.6 is 0 Å². The molecule has 2 heteroatoms. The van der Waals surface area contributed by atoms with E-state index in [4.69, 9.17) is 4.74 Å². The highest BCUT2D eigenvalue weighted by atomic mass is 16.5. The Hall–Kier alpha value is -0.0800. The number of hydrogen-bond donors (Lipinski definition) is 0. The second kappa shape index (κ2) is 5.31. The van der Waals surface area contributed by atoms with Crippen molar-refractivity contribution in [1.29, 1.82) is 0 Å². The van der Waals surface area contributed by atoms with Gasteiger partial charge < -0.3 is 4.74 Å². The summed E-state index contributed by atoms with van der Waals surface area (Å²) in [5.41, 5.74) is 0.409. The van der Waals surface area contributed by atoms with Crippen LogP contribution in [0.25, 0.3) is 0 Å². The molecule has 0 amide bonds. The largest absolute Gasteiger partial charge is 0.379 e. The van der Waals surface area contributed by atoms with Crippen LogP contribution in [-0.4, -0.2) is 37.7 Å². The van der Waals surface area contributed by atoms with Gasteiger partial charge in [-0.1, -0.05) is 34.6 Å². The van der Waals surface area contributed by atoms with Crippen molar-refractivity contribution in [2.45, 2.75) is 34.6 Å². The lowest BCUT2D eigenvalue weighted by Gasteiger charge is -2.39. The lowest BCUT2D eigenvalue weighted by Crippen LogP contribution is -2.43. The molecule has 0 radical (unpaired) electrons. The molecule has 1 fully saturated rings. The van der Waals surface area contributed by atoms with Gasteiger partial charge in [-0.15, -0.1) is 0 Å². The van der Waals surface area contributed by atoms with E-state index in [9.17, 15) is 0 Å². The minimum atomic E-state index is 0.409. The lowest BCUT2D eigenvalue weighted by atomic mass is 9.74. The number of ether oxygens (including phenoxy) is 1. The smallest absolute Gasteiger partial charge is 0.0594 e. The lowest BCUT2D eigenvalue weighted by molar-refractivity contribution is 0.0125. The summed E-state index contributed by atoms with van der Waals surface area (Å²) in [7, 11) is 0. The highest BCUT2D eigenvalue weighted by molar-refractivity contribution is 4.80. The molecule has 1 aliphatic heterocycles. The fraction of sp³-hybridized carbons (Fsp3) is 1.00. The molecule has 0 spiro atoms. The summed E-state index contributed by atoms with van der Waals surface area (Å²) >= 11 is 0. The van der Waals surface area contributed by atoms with Crippen molar-refractivity contribution in [1.82, 2.24) is 4.90 Å². The number of rotatable bonds is 3. The third kappa shape index (κ3) is 4.12. The fourth-order valence-electron chi connectivity index (χ4n) is 2.55. The van der Waals surface area contributed by atoms with Gasteiger partial charge in [0.2, 0.25) is 0 Å². The summed E-state index contributed by atoms with van der Waals surface area (Å²) in [6.45, 7) is 17.0. The van der Waals surface area contributed by atoms with Gasteiger partial charge in [-0.25, -0.2) is 0 Å². The Balaban J connectivity index is 2.50. The first-order valence-electron chi connectivity index (χ1n) is 6.21. The first-order chi connectivity index (χ1) is 6.91. The fourth-order valence-corrected chi connectivity index (χ4v) is 2.55. The summed E-state index contributed by atoms with van der Waals surface area (Å²) in [4.78, 5) is 2.55. The number of nitrogens with zero attached hydrogens (tertiary/aromatic N) is 1. The molecule has 0 aromatic heterocycles. The average molecular weight is 213 g/mol. The zero-order valence-electron chi connectivity index (χ0n) is 11.0. The minimum Gasteiger partial charge on any atom is -0.379 e. The van der Waals surface area contributed by atoms with Crippen molar-refractivity contribution in [3.63, 3.8) is 0 Å². The normalized spacial score (nSPS) is 22.0. The van der Waals surface area contributed by atoms with Crippen molar-refractivity contribution >= 4 is 0 Å². The summed E-state index contributed by atoms with van der Waals surface area (Å²) in [6.07, 6.45) is 0. The molecule has 0 aromatic rings. The maximum atomic E-state index is 5.39. The second-order valence-corrected chi connectivity index (χ2v) is 6.13. The van der Waals surface area contributed by atoms with Crippen LogP contribution in [0, 0.1) is 17.3 Å². The first kappa shape index (κ1) is 13.0. The van der Waals surface area contributed by atoms with Crippen molar-refractivity contribution in [3.8, 4) is 0 Å². The van der Waals surface area contributed by atoms with Crippen LogP contribution in [0.2, 0.25) is 0 Å². The molecule has 1 atom stereocenters. The van der Waals surface area contributed by atoms with E-state index in [1.54, 1.807) is 0 Å². The molecule has 1 aliphatic rings. The SMILES string of the molecule is CC(C)[C@@H](CN1CCOCC1)C(C)(C)C. The van der Waals surface area contributed by atoms with Gasteiger partial charge in [-0.05, 0) is 17.3 Å². The molecule has 2 nitrogen and oxygen atoms in total. The van der Waals surface area contributed by atoms with Crippen LogP contribution in [0.3, 0.4) is 0 Å². The van der Waals surface area contributed by atoms with Gasteiger partial charge in [0.15, 0.2) is 0 Å². The van der Waals surface area contributed by atoms with Crippen molar-refractivity contribution in [3.05, 3.63) is 0 Å². The molecule has 1 heterocycles. The third-order valence-electron chi connectivity index (χ3n) is 3.48. The molecule has 0 saturated carbocycles. The Morgan fingerprint density at radius 2 is 1.67 bits per heavy atom. The van der Waals surface area contributed by atoms with E-state index >= 15 is 0 Å². The molecular formula is C13H27NO. The average Bonchev–Trinajstić information content (AvgIpc) is 2.13.